The second-order valence-electron chi connectivity index (χ2n) is 2.77. The smallest absolute Gasteiger partial charge is 0.150 e. The molecule has 0 N–H and O–H groups in total. The third kappa shape index (κ3) is 2.31. The summed E-state index contributed by atoms with van der Waals surface area (Å²) in [5.74, 6) is 0.838. The lowest BCUT2D eigenvalue weighted by atomic mass is 10.1. The molecule has 0 aliphatic rings. The van der Waals surface area contributed by atoms with E-state index in [1.807, 2.05) is 26.0 Å². The predicted octanol–water partition coefficient (Wildman–Crippen LogP) is 2.46. The lowest BCUT2D eigenvalue weighted by molar-refractivity contribution is 0.112. The van der Waals surface area contributed by atoms with E-state index < -0.39 is 0 Å². The number of carbonyl (C=O) groups excluding carboxylic acids is 1. The summed E-state index contributed by atoms with van der Waals surface area (Å²) in [5, 5.41) is 0. The van der Waals surface area contributed by atoms with Gasteiger partial charge in [-0.2, -0.15) is 0 Å². The molecule has 1 aromatic rings. The summed E-state index contributed by atoms with van der Waals surface area (Å²) in [6.07, 6.45) is 1.74. The van der Waals surface area contributed by atoms with Gasteiger partial charge in [0.05, 0.1) is 6.61 Å². The molecule has 1 aromatic carbocycles. The van der Waals surface area contributed by atoms with Crippen LogP contribution in [-0.2, 0) is 6.42 Å². The lowest BCUT2D eigenvalue weighted by Crippen LogP contribution is -1.95. The number of hydrogen-bond donors (Lipinski definition) is 0. The van der Waals surface area contributed by atoms with Crippen LogP contribution in [0, 0.1) is 0 Å². The van der Waals surface area contributed by atoms with E-state index in [0.717, 1.165) is 29.6 Å². The third-order valence-electron chi connectivity index (χ3n) is 1.93. The van der Waals surface area contributed by atoms with Crippen LogP contribution in [0.2, 0.25) is 0 Å². The molecule has 0 spiro atoms. The van der Waals surface area contributed by atoms with Gasteiger partial charge in [-0.1, -0.05) is 6.92 Å². The monoisotopic (exact) mass is 178 g/mol. The van der Waals surface area contributed by atoms with Crippen LogP contribution in [0.25, 0.3) is 0 Å². The molecule has 0 aliphatic heterocycles. The van der Waals surface area contributed by atoms with Gasteiger partial charge in [-0.25, -0.2) is 0 Å². The minimum atomic E-state index is 0.656. The fraction of sp³-hybridized carbons (Fsp3) is 0.364. The molecule has 0 fully saturated rings. The van der Waals surface area contributed by atoms with Crippen molar-refractivity contribution in [3.05, 3.63) is 29.3 Å². The summed E-state index contributed by atoms with van der Waals surface area (Å²) in [6.45, 7) is 4.63. The van der Waals surface area contributed by atoms with Gasteiger partial charge in [-0.05, 0) is 37.1 Å². The predicted molar refractivity (Wildman–Crippen MR) is 52.4 cm³/mol. The molecule has 0 aliphatic carbocycles. The number of aryl methyl sites for hydroxylation is 1. The van der Waals surface area contributed by atoms with Crippen molar-refractivity contribution in [2.45, 2.75) is 20.3 Å². The summed E-state index contributed by atoms with van der Waals surface area (Å²) in [4.78, 5) is 10.6. The molecule has 0 bridgehead atoms. The van der Waals surface area contributed by atoms with Crippen LogP contribution in [0.1, 0.15) is 29.8 Å². The Hall–Kier alpha value is -1.31. The number of ether oxygens (including phenoxy) is 1. The number of carbonyl (C=O) groups is 1. The van der Waals surface area contributed by atoms with E-state index in [0.29, 0.717) is 6.61 Å². The SMILES string of the molecule is CCOc1ccc(C=O)c(CC)c1. The molecule has 0 saturated heterocycles. The molecule has 13 heavy (non-hydrogen) atoms. The average molecular weight is 178 g/mol. The molecule has 1 rings (SSSR count). The van der Waals surface area contributed by atoms with Gasteiger partial charge in [-0.15, -0.1) is 0 Å². The van der Waals surface area contributed by atoms with E-state index in [2.05, 4.69) is 0 Å². The normalized spacial score (nSPS) is 9.69. The van der Waals surface area contributed by atoms with E-state index in [1.54, 1.807) is 6.07 Å². The maximum atomic E-state index is 10.6. The summed E-state index contributed by atoms with van der Waals surface area (Å²) in [5.41, 5.74) is 1.80. The highest BCUT2D eigenvalue weighted by Crippen LogP contribution is 2.17. The minimum absolute atomic E-state index is 0.656. The van der Waals surface area contributed by atoms with Gasteiger partial charge in [0, 0.05) is 5.56 Å². The first-order valence-electron chi connectivity index (χ1n) is 4.52. The van der Waals surface area contributed by atoms with Crippen LogP contribution >= 0.6 is 0 Å². The van der Waals surface area contributed by atoms with Crippen molar-refractivity contribution < 1.29 is 9.53 Å². The molecule has 0 radical (unpaired) electrons. The highest BCUT2D eigenvalue weighted by atomic mass is 16.5. The second-order valence-corrected chi connectivity index (χ2v) is 2.77. The van der Waals surface area contributed by atoms with Crippen molar-refractivity contribution in [3.63, 3.8) is 0 Å². The molecule has 0 aromatic heterocycles. The molecule has 0 atom stereocenters. The molecule has 0 saturated carbocycles. The van der Waals surface area contributed by atoms with Gasteiger partial charge < -0.3 is 4.74 Å². The van der Waals surface area contributed by atoms with Gasteiger partial charge in [0.1, 0.15) is 12.0 Å². The Kier molecular flexibility index (Phi) is 3.50. The number of aldehydes is 1. The fourth-order valence-electron chi connectivity index (χ4n) is 1.26. The molecular weight excluding hydrogens is 164 g/mol. The first kappa shape index (κ1) is 9.78. The maximum absolute atomic E-state index is 10.6. The van der Waals surface area contributed by atoms with Crippen molar-refractivity contribution in [1.82, 2.24) is 0 Å². The van der Waals surface area contributed by atoms with Crippen LogP contribution in [0.3, 0.4) is 0 Å². The van der Waals surface area contributed by atoms with Crippen molar-refractivity contribution in [2.75, 3.05) is 6.61 Å². The van der Waals surface area contributed by atoms with Crippen molar-refractivity contribution in [2.24, 2.45) is 0 Å². The number of rotatable bonds is 4. The summed E-state index contributed by atoms with van der Waals surface area (Å²) >= 11 is 0. The van der Waals surface area contributed by atoms with Crippen LogP contribution in [0.5, 0.6) is 5.75 Å². The lowest BCUT2D eigenvalue weighted by Gasteiger charge is -2.06. The molecule has 0 unspecified atom stereocenters. The molecule has 70 valence electrons. The van der Waals surface area contributed by atoms with Gasteiger partial charge in [-0.3, -0.25) is 4.79 Å². The van der Waals surface area contributed by atoms with E-state index in [9.17, 15) is 4.79 Å². The molecule has 2 nitrogen and oxygen atoms in total. The molecule has 0 heterocycles. The Balaban J connectivity index is 2.98. The van der Waals surface area contributed by atoms with Gasteiger partial charge in [0.25, 0.3) is 0 Å². The van der Waals surface area contributed by atoms with Crippen molar-refractivity contribution >= 4 is 6.29 Å². The Bertz CT molecular complexity index is 292. The maximum Gasteiger partial charge on any atom is 0.150 e. The quantitative estimate of drug-likeness (QED) is 0.662. The highest BCUT2D eigenvalue weighted by molar-refractivity contribution is 5.77. The fourth-order valence-corrected chi connectivity index (χ4v) is 1.26. The first-order valence-corrected chi connectivity index (χ1v) is 4.52. The zero-order valence-corrected chi connectivity index (χ0v) is 8.04. The molecule has 2 heteroatoms. The van der Waals surface area contributed by atoms with Crippen LogP contribution in [0.15, 0.2) is 18.2 Å². The largest absolute Gasteiger partial charge is 0.494 e. The van der Waals surface area contributed by atoms with Crippen molar-refractivity contribution in [1.29, 1.82) is 0 Å². The number of benzene rings is 1. The van der Waals surface area contributed by atoms with Crippen LogP contribution in [-0.4, -0.2) is 12.9 Å². The van der Waals surface area contributed by atoms with Gasteiger partial charge in [0.2, 0.25) is 0 Å². The average Bonchev–Trinajstić information content (AvgIpc) is 2.18. The van der Waals surface area contributed by atoms with E-state index >= 15 is 0 Å². The zero-order chi connectivity index (χ0) is 9.68. The topological polar surface area (TPSA) is 26.3 Å². The van der Waals surface area contributed by atoms with Gasteiger partial charge in [0.15, 0.2) is 0 Å². The van der Waals surface area contributed by atoms with Crippen molar-refractivity contribution in [3.8, 4) is 5.75 Å². The van der Waals surface area contributed by atoms with Crippen LogP contribution < -0.4 is 4.74 Å². The Morgan fingerprint density at radius 1 is 1.38 bits per heavy atom. The summed E-state index contributed by atoms with van der Waals surface area (Å²) < 4.78 is 5.33. The molecule has 0 amide bonds. The Morgan fingerprint density at radius 2 is 2.15 bits per heavy atom. The number of hydrogen-bond acceptors (Lipinski definition) is 2. The minimum Gasteiger partial charge on any atom is -0.494 e. The first-order chi connectivity index (χ1) is 6.31. The van der Waals surface area contributed by atoms with E-state index in [-0.39, 0.29) is 0 Å². The summed E-state index contributed by atoms with van der Waals surface area (Å²) in [7, 11) is 0. The van der Waals surface area contributed by atoms with Crippen LogP contribution in [0.4, 0.5) is 0 Å². The molecular formula is C11H14O2. The Morgan fingerprint density at radius 3 is 2.69 bits per heavy atom. The second kappa shape index (κ2) is 4.65. The highest BCUT2D eigenvalue weighted by Gasteiger charge is 2.01. The van der Waals surface area contributed by atoms with Gasteiger partial charge >= 0.3 is 0 Å². The third-order valence-corrected chi connectivity index (χ3v) is 1.93. The van der Waals surface area contributed by atoms with E-state index in [1.165, 1.54) is 0 Å². The zero-order valence-electron chi connectivity index (χ0n) is 8.04. The standard InChI is InChI=1S/C11H14O2/c1-3-9-7-11(13-4-2)6-5-10(9)8-12/h5-8H,3-4H2,1-2H3. The Labute approximate surface area is 78.5 Å². The van der Waals surface area contributed by atoms with E-state index in [4.69, 9.17) is 4.74 Å². The summed E-state index contributed by atoms with van der Waals surface area (Å²) in [6, 6.07) is 5.55.